The molecule has 1 aliphatic heterocycles. The fourth-order valence-corrected chi connectivity index (χ4v) is 2.37. The molecule has 0 radical (unpaired) electrons. The van der Waals surface area contributed by atoms with Gasteiger partial charge in [-0.05, 0) is 35.9 Å². The van der Waals surface area contributed by atoms with Crippen LogP contribution in [0.5, 0.6) is 0 Å². The molecule has 0 aromatic heterocycles. The lowest BCUT2D eigenvalue weighted by molar-refractivity contribution is -0.110. The molecule has 1 amide bonds. The second kappa shape index (κ2) is 4.93. The van der Waals surface area contributed by atoms with E-state index in [-0.39, 0.29) is 10.9 Å². The summed E-state index contributed by atoms with van der Waals surface area (Å²) >= 11 is 11.5. The van der Waals surface area contributed by atoms with Crippen LogP contribution < -0.4 is 5.32 Å². The molecular formula is C15H8Cl2FNO. The van der Waals surface area contributed by atoms with Gasteiger partial charge in [-0.2, -0.15) is 0 Å². The number of hydrogen-bond donors (Lipinski definition) is 1. The molecule has 0 aliphatic carbocycles. The normalized spacial score (nSPS) is 15.3. The van der Waals surface area contributed by atoms with E-state index in [9.17, 15) is 9.18 Å². The first-order valence-corrected chi connectivity index (χ1v) is 6.58. The molecule has 0 spiro atoms. The summed E-state index contributed by atoms with van der Waals surface area (Å²) in [4.78, 5) is 12.0. The number of carbonyl (C=O) groups is 1. The van der Waals surface area contributed by atoms with E-state index in [0.29, 0.717) is 21.8 Å². The molecule has 0 bridgehead atoms. The molecule has 100 valence electrons. The predicted molar refractivity (Wildman–Crippen MR) is 79.4 cm³/mol. The van der Waals surface area contributed by atoms with Gasteiger partial charge in [0.2, 0.25) is 0 Å². The SMILES string of the molecule is O=C1Nc2cc(Cl)ccc2/C1=C/c1ccc(Cl)c(F)c1. The highest BCUT2D eigenvalue weighted by atomic mass is 35.5. The van der Waals surface area contributed by atoms with Crippen molar-refractivity contribution in [3.63, 3.8) is 0 Å². The number of rotatable bonds is 1. The highest BCUT2D eigenvalue weighted by Gasteiger charge is 2.24. The fourth-order valence-electron chi connectivity index (χ4n) is 2.08. The minimum Gasteiger partial charge on any atom is -0.321 e. The number of fused-ring (bicyclic) bond motifs is 1. The third-order valence-corrected chi connectivity index (χ3v) is 3.56. The van der Waals surface area contributed by atoms with Crippen molar-refractivity contribution in [1.29, 1.82) is 0 Å². The Hall–Kier alpha value is -1.84. The molecule has 3 rings (SSSR count). The van der Waals surface area contributed by atoms with Crippen molar-refractivity contribution in [2.75, 3.05) is 5.32 Å². The van der Waals surface area contributed by atoms with Crippen LogP contribution in [0.15, 0.2) is 36.4 Å². The Morgan fingerprint density at radius 2 is 1.90 bits per heavy atom. The van der Waals surface area contributed by atoms with Crippen molar-refractivity contribution in [3.05, 3.63) is 63.4 Å². The van der Waals surface area contributed by atoms with Gasteiger partial charge in [0.15, 0.2) is 0 Å². The average molecular weight is 308 g/mol. The molecular weight excluding hydrogens is 300 g/mol. The number of benzene rings is 2. The van der Waals surface area contributed by atoms with E-state index in [4.69, 9.17) is 23.2 Å². The van der Waals surface area contributed by atoms with Gasteiger partial charge in [-0.1, -0.05) is 35.3 Å². The number of amides is 1. The Balaban J connectivity index is 2.08. The third kappa shape index (κ3) is 2.30. The molecule has 5 heteroatoms. The van der Waals surface area contributed by atoms with Crippen LogP contribution in [0.1, 0.15) is 11.1 Å². The summed E-state index contributed by atoms with van der Waals surface area (Å²) in [5.74, 6) is -0.756. The molecule has 2 aromatic carbocycles. The molecule has 0 atom stereocenters. The van der Waals surface area contributed by atoms with Crippen LogP contribution in [-0.4, -0.2) is 5.91 Å². The summed E-state index contributed by atoms with van der Waals surface area (Å²) in [7, 11) is 0. The van der Waals surface area contributed by atoms with Crippen molar-refractivity contribution in [1.82, 2.24) is 0 Å². The third-order valence-electron chi connectivity index (χ3n) is 3.02. The summed E-state index contributed by atoms with van der Waals surface area (Å²) in [6.07, 6.45) is 1.62. The second-order valence-electron chi connectivity index (χ2n) is 4.38. The van der Waals surface area contributed by atoms with Gasteiger partial charge < -0.3 is 5.32 Å². The van der Waals surface area contributed by atoms with Crippen molar-refractivity contribution in [3.8, 4) is 0 Å². The minimum absolute atomic E-state index is 0.0511. The highest BCUT2D eigenvalue weighted by Crippen LogP contribution is 2.35. The lowest BCUT2D eigenvalue weighted by Crippen LogP contribution is -2.03. The van der Waals surface area contributed by atoms with Gasteiger partial charge in [-0.15, -0.1) is 0 Å². The molecule has 2 nitrogen and oxygen atoms in total. The van der Waals surface area contributed by atoms with Gasteiger partial charge in [0.25, 0.3) is 5.91 Å². The molecule has 0 unspecified atom stereocenters. The van der Waals surface area contributed by atoms with Crippen LogP contribution in [-0.2, 0) is 4.79 Å². The van der Waals surface area contributed by atoms with Gasteiger partial charge in [-0.3, -0.25) is 4.79 Å². The smallest absolute Gasteiger partial charge is 0.256 e. The Morgan fingerprint density at radius 3 is 2.65 bits per heavy atom. The molecule has 1 heterocycles. The second-order valence-corrected chi connectivity index (χ2v) is 5.22. The van der Waals surface area contributed by atoms with E-state index >= 15 is 0 Å². The molecule has 20 heavy (non-hydrogen) atoms. The molecule has 1 N–H and O–H groups in total. The Kier molecular flexibility index (Phi) is 3.24. The number of nitrogens with one attached hydrogen (secondary N) is 1. The van der Waals surface area contributed by atoms with Crippen molar-refractivity contribution < 1.29 is 9.18 Å². The Labute approximate surface area is 124 Å². The summed E-state index contributed by atoms with van der Waals surface area (Å²) in [5.41, 5.74) is 2.44. The minimum atomic E-state index is -0.518. The fraction of sp³-hybridized carbons (Fsp3) is 0. The number of anilines is 1. The zero-order valence-electron chi connectivity index (χ0n) is 10.1. The quantitative estimate of drug-likeness (QED) is 0.765. The summed E-state index contributed by atoms with van der Waals surface area (Å²) in [6, 6.07) is 9.54. The van der Waals surface area contributed by atoms with E-state index in [0.717, 1.165) is 5.56 Å². The Bertz CT molecular complexity index is 756. The van der Waals surface area contributed by atoms with Gasteiger partial charge in [0.05, 0.1) is 10.7 Å². The monoisotopic (exact) mass is 307 g/mol. The average Bonchev–Trinajstić information content (AvgIpc) is 2.69. The van der Waals surface area contributed by atoms with Crippen molar-refractivity contribution in [2.24, 2.45) is 0 Å². The maximum atomic E-state index is 13.4. The van der Waals surface area contributed by atoms with Crippen LogP contribution in [0, 0.1) is 5.82 Å². The van der Waals surface area contributed by atoms with Gasteiger partial charge >= 0.3 is 0 Å². The number of carbonyl (C=O) groups excluding carboxylic acids is 1. The van der Waals surface area contributed by atoms with Gasteiger partial charge in [0, 0.05) is 16.2 Å². The lowest BCUT2D eigenvalue weighted by atomic mass is 10.0. The predicted octanol–water partition coefficient (Wildman–Crippen LogP) is 4.63. The Morgan fingerprint density at radius 1 is 1.10 bits per heavy atom. The largest absolute Gasteiger partial charge is 0.321 e. The van der Waals surface area contributed by atoms with Crippen LogP contribution in [0.2, 0.25) is 10.0 Å². The lowest BCUT2D eigenvalue weighted by Gasteiger charge is -2.00. The van der Waals surface area contributed by atoms with E-state index in [2.05, 4.69) is 5.32 Å². The molecule has 0 saturated carbocycles. The van der Waals surface area contributed by atoms with Crippen molar-refractivity contribution >= 4 is 46.4 Å². The van der Waals surface area contributed by atoms with Gasteiger partial charge in [-0.25, -0.2) is 4.39 Å². The molecule has 2 aromatic rings. The molecule has 0 fully saturated rings. The first-order chi connectivity index (χ1) is 9.54. The topological polar surface area (TPSA) is 29.1 Å². The highest BCUT2D eigenvalue weighted by molar-refractivity contribution is 6.36. The van der Waals surface area contributed by atoms with Crippen LogP contribution in [0.25, 0.3) is 11.6 Å². The standard InChI is InChI=1S/C15H8Cl2FNO/c16-9-2-3-10-11(15(20)19-14(10)7-9)5-8-1-4-12(17)13(18)6-8/h1-7H,(H,19,20)/b11-5-. The van der Waals surface area contributed by atoms with Gasteiger partial charge in [0.1, 0.15) is 5.82 Å². The summed E-state index contributed by atoms with van der Waals surface area (Å²) < 4.78 is 13.4. The molecule has 0 saturated heterocycles. The van der Waals surface area contributed by atoms with E-state index in [1.807, 2.05) is 0 Å². The summed E-state index contributed by atoms with van der Waals surface area (Å²) in [6.45, 7) is 0. The maximum absolute atomic E-state index is 13.4. The van der Waals surface area contributed by atoms with E-state index < -0.39 is 5.82 Å². The first kappa shape index (κ1) is 13.2. The van der Waals surface area contributed by atoms with E-state index in [1.165, 1.54) is 12.1 Å². The number of hydrogen-bond acceptors (Lipinski definition) is 1. The molecule has 1 aliphatic rings. The van der Waals surface area contributed by atoms with Crippen LogP contribution in [0.3, 0.4) is 0 Å². The summed E-state index contributed by atoms with van der Waals surface area (Å²) in [5, 5.41) is 3.32. The zero-order valence-corrected chi connectivity index (χ0v) is 11.6. The maximum Gasteiger partial charge on any atom is 0.256 e. The van der Waals surface area contributed by atoms with E-state index in [1.54, 1.807) is 30.3 Å². The van der Waals surface area contributed by atoms with Crippen LogP contribution in [0.4, 0.5) is 10.1 Å². The first-order valence-electron chi connectivity index (χ1n) is 5.82. The number of halogens is 3. The zero-order chi connectivity index (χ0) is 14.3. The van der Waals surface area contributed by atoms with Crippen LogP contribution >= 0.6 is 23.2 Å². The van der Waals surface area contributed by atoms with Crippen molar-refractivity contribution in [2.45, 2.75) is 0 Å².